The van der Waals surface area contributed by atoms with Gasteiger partial charge in [0, 0.05) is 18.0 Å². The molecule has 1 fully saturated rings. The van der Waals surface area contributed by atoms with E-state index in [1.54, 1.807) is 12.4 Å². The summed E-state index contributed by atoms with van der Waals surface area (Å²) < 4.78 is 0. The predicted molar refractivity (Wildman–Crippen MR) is 51.1 cm³/mol. The van der Waals surface area contributed by atoms with Crippen molar-refractivity contribution in [2.45, 2.75) is 18.9 Å². The van der Waals surface area contributed by atoms with E-state index in [0.717, 1.165) is 11.4 Å². The highest BCUT2D eigenvalue weighted by molar-refractivity contribution is 5.98. The molecule has 1 aromatic rings. The van der Waals surface area contributed by atoms with E-state index < -0.39 is 0 Å². The minimum absolute atomic E-state index is 0.464. The van der Waals surface area contributed by atoms with Gasteiger partial charge in [0.25, 0.3) is 0 Å². The molecule has 4 nitrogen and oxygen atoms in total. The number of aromatic nitrogens is 1. The first-order chi connectivity index (χ1) is 6.40. The molecule has 1 aliphatic carbocycles. The number of hydrogen-bond acceptors (Lipinski definition) is 3. The molecular formula is C9H12N4. The first-order valence-electron chi connectivity index (χ1n) is 4.35. The lowest BCUT2D eigenvalue weighted by Gasteiger charge is -2.03. The van der Waals surface area contributed by atoms with Crippen LogP contribution in [-0.4, -0.2) is 16.9 Å². The molecule has 0 unspecified atom stereocenters. The molecule has 4 heteroatoms. The Balaban J connectivity index is 2.21. The molecule has 68 valence electrons. The third-order valence-electron chi connectivity index (χ3n) is 1.93. The molecule has 0 bridgehead atoms. The van der Waals surface area contributed by atoms with Crippen LogP contribution in [0.1, 0.15) is 18.4 Å². The standard InChI is InChI=1S/C9H12N4/c10-13-9(12-8-3-4-8)7-2-1-5-11-6-7/h1-2,5-6,8H,3-4,10H2,(H,12,13). The fourth-order valence-corrected chi connectivity index (χ4v) is 1.08. The van der Waals surface area contributed by atoms with Gasteiger partial charge < -0.3 is 5.43 Å². The zero-order valence-corrected chi connectivity index (χ0v) is 7.27. The molecule has 3 N–H and O–H groups in total. The smallest absolute Gasteiger partial charge is 0.144 e. The van der Waals surface area contributed by atoms with Crippen LogP contribution in [0.25, 0.3) is 0 Å². The number of nitrogens with one attached hydrogen (secondary N) is 1. The molecular weight excluding hydrogens is 164 g/mol. The molecule has 0 aliphatic heterocycles. The molecule has 2 rings (SSSR count). The molecule has 1 heterocycles. The largest absolute Gasteiger partial charge is 0.308 e. The average molecular weight is 176 g/mol. The Morgan fingerprint density at radius 1 is 1.62 bits per heavy atom. The van der Waals surface area contributed by atoms with Gasteiger partial charge in [-0.2, -0.15) is 0 Å². The zero-order chi connectivity index (χ0) is 9.10. The van der Waals surface area contributed by atoms with Crippen LogP contribution >= 0.6 is 0 Å². The van der Waals surface area contributed by atoms with Crippen molar-refractivity contribution in [3.05, 3.63) is 30.1 Å². The Hall–Kier alpha value is -1.42. The van der Waals surface area contributed by atoms with Crippen molar-refractivity contribution in [2.75, 3.05) is 0 Å². The summed E-state index contributed by atoms with van der Waals surface area (Å²) in [5, 5.41) is 0. The second-order valence-electron chi connectivity index (χ2n) is 3.09. The zero-order valence-electron chi connectivity index (χ0n) is 7.27. The van der Waals surface area contributed by atoms with Crippen LogP contribution in [-0.2, 0) is 0 Å². The van der Waals surface area contributed by atoms with Crippen molar-refractivity contribution in [3.8, 4) is 0 Å². The van der Waals surface area contributed by atoms with Crippen LogP contribution in [0.2, 0.25) is 0 Å². The summed E-state index contributed by atoms with van der Waals surface area (Å²) >= 11 is 0. The molecule has 0 atom stereocenters. The fraction of sp³-hybridized carbons (Fsp3) is 0.333. The van der Waals surface area contributed by atoms with Crippen LogP contribution in [0.15, 0.2) is 29.5 Å². The number of hydrogen-bond donors (Lipinski definition) is 2. The topological polar surface area (TPSA) is 63.3 Å². The molecule has 1 aromatic heterocycles. The van der Waals surface area contributed by atoms with Crippen LogP contribution in [0.5, 0.6) is 0 Å². The minimum atomic E-state index is 0.464. The van der Waals surface area contributed by atoms with Crippen LogP contribution in [0.4, 0.5) is 0 Å². The van der Waals surface area contributed by atoms with Gasteiger partial charge in [-0.1, -0.05) is 0 Å². The molecule has 0 saturated heterocycles. The van der Waals surface area contributed by atoms with Crippen LogP contribution < -0.4 is 11.3 Å². The summed E-state index contributed by atoms with van der Waals surface area (Å²) in [6, 6.07) is 4.27. The highest BCUT2D eigenvalue weighted by atomic mass is 15.3. The maximum atomic E-state index is 5.37. The van der Waals surface area contributed by atoms with Gasteiger partial charge in [-0.25, -0.2) is 5.84 Å². The summed E-state index contributed by atoms with van der Waals surface area (Å²) in [5.74, 6) is 6.10. The average Bonchev–Trinajstić information content (AvgIpc) is 2.99. The number of nitrogens with two attached hydrogens (primary N) is 1. The minimum Gasteiger partial charge on any atom is -0.308 e. The molecule has 0 radical (unpaired) electrons. The van der Waals surface area contributed by atoms with Crippen molar-refractivity contribution in [1.82, 2.24) is 10.4 Å². The monoisotopic (exact) mass is 176 g/mol. The van der Waals surface area contributed by atoms with Crippen molar-refractivity contribution in [2.24, 2.45) is 10.8 Å². The molecule has 1 saturated carbocycles. The number of rotatable bonds is 2. The van der Waals surface area contributed by atoms with Crippen LogP contribution in [0.3, 0.4) is 0 Å². The van der Waals surface area contributed by atoms with E-state index in [4.69, 9.17) is 5.84 Å². The summed E-state index contributed by atoms with van der Waals surface area (Å²) in [7, 11) is 0. The molecule has 0 spiro atoms. The van der Waals surface area contributed by atoms with Crippen LogP contribution in [0, 0.1) is 0 Å². The number of nitrogens with zero attached hydrogens (tertiary/aromatic N) is 2. The van der Waals surface area contributed by atoms with E-state index in [9.17, 15) is 0 Å². The van der Waals surface area contributed by atoms with E-state index in [0.29, 0.717) is 6.04 Å². The molecule has 1 aliphatic rings. The Labute approximate surface area is 76.9 Å². The first kappa shape index (κ1) is 8.19. The van der Waals surface area contributed by atoms with Gasteiger partial charge >= 0.3 is 0 Å². The van der Waals surface area contributed by atoms with E-state index in [1.807, 2.05) is 12.1 Å². The maximum Gasteiger partial charge on any atom is 0.144 e. The summed E-state index contributed by atoms with van der Waals surface area (Å²) in [6.07, 6.45) is 5.83. The quantitative estimate of drug-likeness (QED) is 0.298. The predicted octanol–water partition coefficient (Wildman–Crippen LogP) is 0.454. The SMILES string of the molecule is NNC(=NC1CC1)c1cccnc1. The lowest BCUT2D eigenvalue weighted by Crippen LogP contribution is -2.31. The Kier molecular flexibility index (Phi) is 2.23. The Bertz CT molecular complexity index is 303. The fourth-order valence-electron chi connectivity index (χ4n) is 1.08. The van der Waals surface area contributed by atoms with Gasteiger partial charge in [0.2, 0.25) is 0 Å². The highest BCUT2D eigenvalue weighted by Gasteiger charge is 2.21. The number of hydrazine groups is 1. The van der Waals surface area contributed by atoms with Gasteiger partial charge in [0.15, 0.2) is 0 Å². The third-order valence-corrected chi connectivity index (χ3v) is 1.93. The van der Waals surface area contributed by atoms with Crippen molar-refractivity contribution < 1.29 is 0 Å². The van der Waals surface area contributed by atoms with E-state index in [2.05, 4.69) is 15.4 Å². The van der Waals surface area contributed by atoms with Gasteiger partial charge in [-0.3, -0.25) is 9.98 Å². The Morgan fingerprint density at radius 3 is 3.00 bits per heavy atom. The van der Waals surface area contributed by atoms with E-state index in [-0.39, 0.29) is 0 Å². The third kappa shape index (κ3) is 2.03. The van der Waals surface area contributed by atoms with Gasteiger partial charge in [-0.05, 0) is 25.0 Å². The molecule has 13 heavy (non-hydrogen) atoms. The van der Waals surface area contributed by atoms with E-state index >= 15 is 0 Å². The number of aliphatic imine (C=N–C) groups is 1. The second kappa shape index (κ2) is 3.53. The van der Waals surface area contributed by atoms with Gasteiger partial charge in [-0.15, -0.1) is 0 Å². The van der Waals surface area contributed by atoms with Gasteiger partial charge in [0.05, 0.1) is 6.04 Å². The van der Waals surface area contributed by atoms with Crippen molar-refractivity contribution >= 4 is 5.84 Å². The van der Waals surface area contributed by atoms with E-state index in [1.165, 1.54) is 12.8 Å². The second-order valence-corrected chi connectivity index (χ2v) is 3.09. The number of pyridine rings is 1. The van der Waals surface area contributed by atoms with Gasteiger partial charge in [0.1, 0.15) is 5.84 Å². The summed E-state index contributed by atoms with van der Waals surface area (Å²) in [4.78, 5) is 8.42. The lowest BCUT2D eigenvalue weighted by atomic mass is 10.2. The first-order valence-corrected chi connectivity index (χ1v) is 4.35. The lowest BCUT2D eigenvalue weighted by molar-refractivity contribution is 0.969. The normalized spacial score (nSPS) is 17.2. The molecule has 0 aromatic carbocycles. The highest BCUT2D eigenvalue weighted by Crippen LogP contribution is 2.23. The molecule has 0 amide bonds. The summed E-state index contributed by atoms with van der Waals surface area (Å²) in [5.41, 5.74) is 3.54. The van der Waals surface area contributed by atoms with Crippen molar-refractivity contribution in [3.63, 3.8) is 0 Å². The van der Waals surface area contributed by atoms with Crippen molar-refractivity contribution in [1.29, 1.82) is 0 Å². The Morgan fingerprint density at radius 2 is 2.46 bits per heavy atom. The summed E-state index contributed by atoms with van der Waals surface area (Å²) in [6.45, 7) is 0. The maximum absolute atomic E-state index is 5.37. The number of amidine groups is 1.